The number of hydrogen-bond acceptors (Lipinski definition) is 4. The van der Waals surface area contributed by atoms with Crippen LogP contribution >= 0.6 is 24.8 Å². The predicted molar refractivity (Wildman–Crippen MR) is 104 cm³/mol. The van der Waals surface area contributed by atoms with Gasteiger partial charge < -0.3 is 20.4 Å². The number of rotatable bonds is 3. The second kappa shape index (κ2) is 9.47. The molecule has 0 bridgehead atoms. The van der Waals surface area contributed by atoms with Gasteiger partial charge >= 0.3 is 0 Å². The third-order valence-corrected chi connectivity index (χ3v) is 4.89. The van der Waals surface area contributed by atoms with Gasteiger partial charge in [0.1, 0.15) is 0 Å². The Hall–Kier alpha value is -1.01. The van der Waals surface area contributed by atoms with Crippen LogP contribution in [0.4, 0.5) is 5.69 Å². The highest BCUT2D eigenvalue weighted by molar-refractivity contribution is 5.94. The van der Waals surface area contributed by atoms with Crippen LogP contribution in [0.2, 0.25) is 0 Å². The first-order valence-electron chi connectivity index (χ1n) is 8.20. The van der Waals surface area contributed by atoms with E-state index in [0.29, 0.717) is 12.5 Å². The summed E-state index contributed by atoms with van der Waals surface area (Å²) in [4.78, 5) is 19.2. The van der Waals surface area contributed by atoms with E-state index >= 15 is 0 Å². The molecule has 2 fully saturated rings. The molecule has 0 spiro atoms. The van der Waals surface area contributed by atoms with Crippen LogP contribution in [-0.4, -0.2) is 68.6 Å². The summed E-state index contributed by atoms with van der Waals surface area (Å²) in [7, 11) is 2.16. The van der Waals surface area contributed by atoms with Gasteiger partial charge in [0.05, 0.1) is 0 Å². The van der Waals surface area contributed by atoms with Gasteiger partial charge in [0.15, 0.2) is 0 Å². The average molecular weight is 375 g/mol. The van der Waals surface area contributed by atoms with Gasteiger partial charge in [-0.25, -0.2) is 0 Å². The minimum atomic E-state index is 0. The Bertz CT molecular complexity index is 518. The molecule has 1 aromatic rings. The van der Waals surface area contributed by atoms with E-state index in [0.717, 1.165) is 51.3 Å². The standard InChI is InChI=1S/C17H26N4O.2ClH/c1-19-8-10-20(11-9-19)16-4-2-15(3-5-16)17(22)21-7-6-14(12-18)13-21;;/h2-5,14H,6-13,18H2,1H3;2*1H. The number of carbonyl (C=O) groups is 1. The van der Waals surface area contributed by atoms with E-state index in [4.69, 9.17) is 5.73 Å². The highest BCUT2D eigenvalue weighted by Gasteiger charge is 2.26. The number of halogens is 2. The number of likely N-dealkylation sites (N-methyl/N-ethyl adjacent to an activating group) is 1. The molecular weight excluding hydrogens is 347 g/mol. The van der Waals surface area contributed by atoms with Gasteiger partial charge in [0.2, 0.25) is 0 Å². The van der Waals surface area contributed by atoms with Crippen LogP contribution in [0.1, 0.15) is 16.8 Å². The van der Waals surface area contributed by atoms with Gasteiger partial charge in [0.25, 0.3) is 5.91 Å². The number of amides is 1. The van der Waals surface area contributed by atoms with Crippen molar-refractivity contribution in [2.24, 2.45) is 11.7 Å². The molecule has 1 atom stereocenters. The first kappa shape index (κ1) is 21.0. The minimum absolute atomic E-state index is 0. The fourth-order valence-corrected chi connectivity index (χ4v) is 3.27. The SMILES string of the molecule is CN1CCN(c2ccc(C(=O)N3CCC(CN)C3)cc2)CC1.Cl.Cl. The van der Waals surface area contributed by atoms with Crippen molar-refractivity contribution in [2.45, 2.75) is 6.42 Å². The summed E-state index contributed by atoms with van der Waals surface area (Å²) in [5.41, 5.74) is 7.70. The molecule has 1 amide bonds. The van der Waals surface area contributed by atoms with Crippen LogP contribution in [0.15, 0.2) is 24.3 Å². The molecular formula is C17H28Cl2N4O. The van der Waals surface area contributed by atoms with Crippen LogP contribution in [0, 0.1) is 5.92 Å². The lowest BCUT2D eigenvalue weighted by Gasteiger charge is -2.34. The Morgan fingerprint density at radius 3 is 2.25 bits per heavy atom. The van der Waals surface area contributed by atoms with Crippen molar-refractivity contribution < 1.29 is 4.79 Å². The second-order valence-corrected chi connectivity index (χ2v) is 6.48. The third kappa shape index (κ3) is 4.76. The molecule has 1 unspecified atom stereocenters. The second-order valence-electron chi connectivity index (χ2n) is 6.48. The van der Waals surface area contributed by atoms with Crippen molar-refractivity contribution in [3.05, 3.63) is 29.8 Å². The monoisotopic (exact) mass is 374 g/mol. The Morgan fingerprint density at radius 1 is 1.08 bits per heavy atom. The molecule has 0 saturated carbocycles. The van der Waals surface area contributed by atoms with Crippen LogP contribution in [-0.2, 0) is 0 Å². The predicted octanol–water partition coefficient (Wildman–Crippen LogP) is 1.70. The molecule has 3 rings (SSSR count). The van der Waals surface area contributed by atoms with Gasteiger partial charge in [-0.2, -0.15) is 0 Å². The number of piperazine rings is 1. The number of nitrogens with zero attached hydrogens (tertiary/aromatic N) is 3. The van der Waals surface area contributed by atoms with Crippen molar-refractivity contribution in [1.29, 1.82) is 0 Å². The zero-order valence-electron chi connectivity index (χ0n) is 14.2. The number of nitrogens with two attached hydrogens (primary N) is 1. The van der Waals surface area contributed by atoms with Crippen LogP contribution in [0.5, 0.6) is 0 Å². The fraction of sp³-hybridized carbons (Fsp3) is 0.588. The van der Waals surface area contributed by atoms with E-state index in [1.54, 1.807) is 0 Å². The molecule has 2 N–H and O–H groups in total. The average Bonchev–Trinajstić information content (AvgIpc) is 3.04. The summed E-state index contributed by atoms with van der Waals surface area (Å²) in [5.74, 6) is 0.606. The number of benzene rings is 1. The number of anilines is 1. The molecule has 0 aliphatic carbocycles. The summed E-state index contributed by atoms with van der Waals surface area (Å²) >= 11 is 0. The Labute approximate surface area is 157 Å². The Kier molecular flexibility index (Phi) is 8.30. The lowest BCUT2D eigenvalue weighted by atomic mass is 10.1. The van der Waals surface area contributed by atoms with Gasteiger partial charge in [-0.05, 0) is 50.2 Å². The summed E-state index contributed by atoms with van der Waals surface area (Å²) in [6, 6.07) is 8.08. The van der Waals surface area contributed by atoms with Crippen LogP contribution in [0.25, 0.3) is 0 Å². The summed E-state index contributed by atoms with van der Waals surface area (Å²) in [6.45, 7) is 6.59. The van der Waals surface area contributed by atoms with Crippen molar-refractivity contribution >= 4 is 36.4 Å². The molecule has 7 heteroatoms. The summed E-state index contributed by atoms with van der Waals surface area (Å²) in [6.07, 6.45) is 1.03. The van der Waals surface area contributed by atoms with Gasteiger partial charge in [-0.1, -0.05) is 0 Å². The van der Waals surface area contributed by atoms with Gasteiger partial charge in [-0.15, -0.1) is 24.8 Å². The Morgan fingerprint density at radius 2 is 1.71 bits per heavy atom. The highest BCUT2D eigenvalue weighted by atomic mass is 35.5. The molecule has 24 heavy (non-hydrogen) atoms. The highest BCUT2D eigenvalue weighted by Crippen LogP contribution is 2.21. The van der Waals surface area contributed by atoms with E-state index < -0.39 is 0 Å². The number of likely N-dealkylation sites (tertiary alicyclic amines) is 1. The van der Waals surface area contributed by atoms with Gasteiger partial charge in [-0.3, -0.25) is 4.79 Å². The molecule has 5 nitrogen and oxygen atoms in total. The van der Waals surface area contributed by atoms with E-state index in [1.165, 1.54) is 5.69 Å². The zero-order valence-corrected chi connectivity index (χ0v) is 15.8. The first-order chi connectivity index (χ1) is 10.7. The molecule has 1 aromatic carbocycles. The van der Waals surface area contributed by atoms with E-state index in [2.05, 4.69) is 29.0 Å². The summed E-state index contributed by atoms with van der Waals surface area (Å²) < 4.78 is 0. The topological polar surface area (TPSA) is 52.8 Å². The maximum Gasteiger partial charge on any atom is 0.253 e. The van der Waals surface area contributed by atoms with Crippen molar-refractivity contribution in [2.75, 3.05) is 57.8 Å². The maximum atomic E-state index is 12.5. The van der Waals surface area contributed by atoms with E-state index in [9.17, 15) is 4.79 Å². The lowest BCUT2D eigenvalue weighted by Crippen LogP contribution is -2.44. The summed E-state index contributed by atoms with van der Waals surface area (Å²) in [5, 5.41) is 0. The number of carbonyl (C=O) groups excluding carboxylic acids is 1. The van der Waals surface area contributed by atoms with Crippen LogP contribution in [0.3, 0.4) is 0 Å². The molecule has 136 valence electrons. The van der Waals surface area contributed by atoms with Crippen molar-refractivity contribution in [3.63, 3.8) is 0 Å². The number of hydrogen-bond donors (Lipinski definition) is 1. The van der Waals surface area contributed by atoms with Gasteiger partial charge in [0, 0.05) is 50.5 Å². The Balaban J connectivity index is 0.00000144. The normalized spacial score (nSPS) is 21.2. The molecule has 0 aromatic heterocycles. The van der Waals surface area contributed by atoms with E-state index in [1.807, 2.05) is 17.0 Å². The minimum Gasteiger partial charge on any atom is -0.369 e. The molecule has 2 aliphatic heterocycles. The fourth-order valence-electron chi connectivity index (χ4n) is 3.27. The van der Waals surface area contributed by atoms with Crippen molar-refractivity contribution in [1.82, 2.24) is 9.80 Å². The third-order valence-electron chi connectivity index (χ3n) is 4.89. The largest absolute Gasteiger partial charge is 0.369 e. The maximum absolute atomic E-state index is 12.5. The molecule has 0 radical (unpaired) electrons. The molecule has 2 heterocycles. The first-order valence-corrected chi connectivity index (χ1v) is 8.20. The zero-order chi connectivity index (χ0) is 15.5. The quantitative estimate of drug-likeness (QED) is 0.874. The molecule has 2 aliphatic rings. The smallest absolute Gasteiger partial charge is 0.253 e. The van der Waals surface area contributed by atoms with Crippen LogP contribution < -0.4 is 10.6 Å². The van der Waals surface area contributed by atoms with Crippen molar-refractivity contribution in [3.8, 4) is 0 Å². The van der Waals surface area contributed by atoms with E-state index in [-0.39, 0.29) is 30.7 Å². The lowest BCUT2D eigenvalue weighted by molar-refractivity contribution is 0.0787. The molecule has 2 saturated heterocycles.